The first-order chi connectivity index (χ1) is 15.6. The minimum Gasteiger partial charge on any atom is -0.493 e. The van der Waals surface area contributed by atoms with Crippen LogP contribution in [0.2, 0.25) is 0 Å². The molecule has 0 N–H and O–H groups in total. The molecule has 10 heteroatoms. The summed E-state index contributed by atoms with van der Waals surface area (Å²) in [5.74, 6) is -0.182. The molecule has 6 nitrogen and oxygen atoms in total. The lowest BCUT2D eigenvalue weighted by atomic mass is 9.93. The monoisotopic (exact) mass is 501 g/mol. The summed E-state index contributed by atoms with van der Waals surface area (Å²) in [6.45, 7) is 9.51. The molecule has 1 unspecified atom stereocenters. The zero-order valence-corrected chi connectivity index (χ0v) is 20.9. The van der Waals surface area contributed by atoms with Gasteiger partial charge in [0, 0.05) is 18.0 Å². The van der Waals surface area contributed by atoms with Gasteiger partial charge in [-0.05, 0) is 49.2 Å². The second-order valence-electron chi connectivity index (χ2n) is 8.99. The Kier molecular flexibility index (Phi) is 8.29. The maximum Gasteiger partial charge on any atom is 0.416 e. The highest BCUT2D eigenvalue weighted by atomic mass is 32.2. The average Bonchev–Trinajstić information content (AvgIpc) is 2.75. The van der Waals surface area contributed by atoms with Crippen LogP contribution in [0.4, 0.5) is 13.2 Å². The van der Waals surface area contributed by atoms with Crippen molar-refractivity contribution in [1.82, 2.24) is 4.90 Å². The summed E-state index contributed by atoms with van der Waals surface area (Å²) in [6, 6.07) is 7.80. The van der Waals surface area contributed by atoms with Gasteiger partial charge in [-0.3, -0.25) is 4.79 Å². The first-order valence-corrected chi connectivity index (χ1v) is 12.1. The fraction of sp³-hybridized carbons (Fsp3) is 0.458. The number of carbonyl (C=O) groups excluding carboxylic acids is 1. The number of carbonyl (C=O) groups is 1. The Labute approximate surface area is 198 Å². The lowest BCUT2D eigenvalue weighted by molar-refractivity contribution is -0.142. The number of hydrogen-bond acceptors (Lipinski definition) is 5. The topological polar surface area (TPSA) is 72.9 Å². The van der Waals surface area contributed by atoms with E-state index in [0.717, 1.165) is 18.2 Å². The first-order valence-electron chi connectivity index (χ1n) is 10.7. The molecule has 2 aromatic carbocycles. The van der Waals surface area contributed by atoms with E-state index in [1.165, 1.54) is 19.2 Å². The highest BCUT2D eigenvalue weighted by Gasteiger charge is 2.33. The average molecular weight is 502 g/mol. The Hall–Kier alpha value is -2.75. The summed E-state index contributed by atoms with van der Waals surface area (Å²) in [7, 11) is -3.28. The van der Waals surface area contributed by atoms with E-state index in [9.17, 15) is 26.4 Å². The molecule has 0 spiro atoms. The Bertz CT molecular complexity index is 1120. The second-order valence-corrected chi connectivity index (χ2v) is 10.5. The normalized spacial score (nSPS) is 13.3. The minimum atomic E-state index is -4.71. The van der Waals surface area contributed by atoms with Crippen molar-refractivity contribution in [2.24, 2.45) is 5.41 Å². The largest absolute Gasteiger partial charge is 0.493 e. The molecule has 2 aromatic rings. The Morgan fingerprint density at radius 3 is 2.24 bits per heavy atom. The lowest BCUT2D eigenvalue weighted by Crippen LogP contribution is -2.44. The van der Waals surface area contributed by atoms with Crippen molar-refractivity contribution in [3.05, 3.63) is 53.6 Å². The minimum absolute atomic E-state index is 0.0725. The molecule has 1 amide bonds. The number of alkyl halides is 3. The summed E-state index contributed by atoms with van der Waals surface area (Å²) >= 11 is 0. The van der Waals surface area contributed by atoms with Gasteiger partial charge in [0.25, 0.3) is 0 Å². The summed E-state index contributed by atoms with van der Waals surface area (Å²) in [6.07, 6.45) is -3.99. The van der Waals surface area contributed by atoms with Crippen LogP contribution in [0.3, 0.4) is 0 Å². The second kappa shape index (κ2) is 10.2. The number of benzene rings is 2. The molecule has 2 rings (SSSR count). The van der Waals surface area contributed by atoms with Gasteiger partial charge < -0.3 is 13.8 Å². The van der Waals surface area contributed by atoms with Crippen molar-refractivity contribution in [2.75, 3.05) is 7.11 Å². The van der Waals surface area contributed by atoms with Gasteiger partial charge in [0.15, 0.2) is 11.5 Å². The van der Waals surface area contributed by atoms with Crippen LogP contribution < -0.4 is 8.92 Å². The molecule has 0 aliphatic rings. The number of amides is 1. The predicted octanol–water partition coefficient (Wildman–Crippen LogP) is 5.65. The van der Waals surface area contributed by atoms with E-state index >= 15 is 0 Å². The molecule has 0 fully saturated rings. The number of halogens is 3. The van der Waals surface area contributed by atoms with Gasteiger partial charge in [-0.15, -0.1) is 0 Å². The van der Waals surface area contributed by atoms with Crippen LogP contribution in [0.25, 0.3) is 0 Å². The molecule has 0 bridgehead atoms. The maximum atomic E-state index is 13.0. The SMILES string of the molecule is CCC(C)N(Cc1ccc(OC)c(OS(=O)(=O)c2cccc(C(F)(F)F)c2)c1)C(=O)C(C)(C)C. The van der Waals surface area contributed by atoms with Gasteiger partial charge >= 0.3 is 16.3 Å². The predicted molar refractivity (Wildman–Crippen MR) is 122 cm³/mol. The zero-order valence-electron chi connectivity index (χ0n) is 20.1. The van der Waals surface area contributed by atoms with E-state index in [1.807, 2.05) is 34.6 Å². The molecule has 0 heterocycles. The molecule has 0 aromatic heterocycles. The Balaban J connectivity index is 2.43. The van der Waals surface area contributed by atoms with E-state index in [-0.39, 0.29) is 30.0 Å². The van der Waals surface area contributed by atoms with Gasteiger partial charge in [-0.2, -0.15) is 21.6 Å². The van der Waals surface area contributed by atoms with E-state index in [1.54, 1.807) is 11.0 Å². The van der Waals surface area contributed by atoms with Crippen LogP contribution in [-0.4, -0.2) is 32.4 Å². The van der Waals surface area contributed by atoms with Crippen LogP contribution >= 0.6 is 0 Å². The highest BCUT2D eigenvalue weighted by Crippen LogP contribution is 2.34. The van der Waals surface area contributed by atoms with Crippen LogP contribution in [0, 0.1) is 5.41 Å². The van der Waals surface area contributed by atoms with E-state index in [0.29, 0.717) is 18.1 Å². The quantitative estimate of drug-likeness (QED) is 0.437. The summed E-state index contributed by atoms with van der Waals surface area (Å²) in [5.41, 5.74) is -1.15. The van der Waals surface area contributed by atoms with Crippen LogP contribution in [0.5, 0.6) is 11.5 Å². The standard InChI is InChI=1S/C24H30F3NO5S/c1-7-16(2)28(22(29)23(3,4)5)15-17-11-12-20(32-6)21(13-17)33-34(30,31)19-10-8-9-18(14-19)24(25,26)27/h8-14,16H,7,15H2,1-6H3. The van der Waals surface area contributed by atoms with Crippen molar-refractivity contribution in [3.8, 4) is 11.5 Å². The zero-order chi connectivity index (χ0) is 25.9. The molecule has 0 radical (unpaired) electrons. The van der Waals surface area contributed by atoms with Crippen molar-refractivity contribution in [1.29, 1.82) is 0 Å². The third kappa shape index (κ3) is 6.65. The highest BCUT2D eigenvalue weighted by molar-refractivity contribution is 7.87. The molecular formula is C24H30F3NO5S. The number of hydrogen-bond donors (Lipinski definition) is 0. The molecule has 0 aliphatic heterocycles. The fourth-order valence-electron chi connectivity index (χ4n) is 3.15. The Morgan fingerprint density at radius 2 is 1.71 bits per heavy atom. The van der Waals surface area contributed by atoms with Gasteiger partial charge in [-0.25, -0.2) is 0 Å². The summed E-state index contributed by atoms with van der Waals surface area (Å²) in [4.78, 5) is 14.0. The number of rotatable bonds is 8. The van der Waals surface area contributed by atoms with Gasteiger partial charge in [-0.1, -0.05) is 39.8 Å². The van der Waals surface area contributed by atoms with E-state index < -0.39 is 32.2 Å². The van der Waals surface area contributed by atoms with Crippen molar-refractivity contribution < 1.29 is 35.3 Å². The number of nitrogens with zero attached hydrogens (tertiary/aromatic N) is 1. The third-order valence-corrected chi connectivity index (χ3v) is 6.49. The molecule has 0 saturated heterocycles. The smallest absolute Gasteiger partial charge is 0.416 e. The molecule has 1 atom stereocenters. The summed E-state index contributed by atoms with van der Waals surface area (Å²) < 4.78 is 75.0. The molecule has 0 aliphatic carbocycles. The fourth-order valence-corrected chi connectivity index (χ4v) is 4.13. The van der Waals surface area contributed by atoms with Crippen molar-refractivity contribution >= 4 is 16.0 Å². The molecule has 34 heavy (non-hydrogen) atoms. The number of ether oxygens (including phenoxy) is 1. The number of methoxy groups -OCH3 is 1. The van der Waals surface area contributed by atoms with Gasteiger partial charge in [0.2, 0.25) is 5.91 Å². The van der Waals surface area contributed by atoms with Crippen LogP contribution in [-0.2, 0) is 27.6 Å². The Morgan fingerprint density at radius 1 is 1.06 bits per heavy atom. The lowest BCUT2D eigenvalue weighted by Gasteiger charge is -2.34. The van der Waals surface area contributed by atoms with Crippen LogP contribution in [0.1, 0.15) is 52.2 Å². The molecular weight excluding hydrogens is 471 g/mol. The van der Waals surface area contributed by atoms with Gasteiger partial charge in [0.05, 0.1) is 12.7 Å². The maximum absolute atomic E-state index is 13.0. The molecule has 0 saturated carbocycles. The summed E-state index contributed by atoms with van der Waals surface area (Å²) in [5, 5.41) is 0. The molecule has 188 valence electrons. The van der Waals surface area contributed by atoms with Gasteiger partial charge in [0.1, 0.15) is 4.90 Å². The first kappa shape index (κ1) is 27.5. The van der Waals surface area contributed by atoms with E-state index in [2.05, 4.69) is 0 Å². The van der Waals surface area contributed by atoms with Crippen LogP contribution in [0.15, 0.2) is 47.4 Å². The third-order valence-electron chi connectivity index (χ3n) is 5.26. The van der Waals surface area contributed by atoms with E-state index in [4.69, 9.17) is 8.92 Å². The van der Waals surface area contributed by atoms with Crippen molar-refractivity contribution in [2.45, 2.75) is 64.7 Å². The van der Waals surface area contributed by atoms with Crippen molar-refractivity contribution in [3.63, 3.8) is 0 Å².